The molecule has 4 rings (SSSR count). The van der Waals surface area contributed by atoms with Gasteiger partial charge in [0.05, 0.1) is 17.4 Å². The molecule has 4 heterocycles. The highest BCUT2D eigenvalue weighted by atomic mass is 19.1. The Morgan fingerprint density at radius 2 is 2.15 bits per heavy atom. The van der Waals surface area contributed by atoms with Gasteiger partial charge in [0, 0.05) is 31.5 Å². The molecule has 0 aromatic carbocycles. The number of alkyl halides is 1. The van der Waals surface area contributed by atoms with Gasteiger partial charge in [0.15, 0.2) is 11.5 Å². The van der Waals surface area contributed by atoms with Crippen LogP contribution >= 0.6 is 0 Å². The van der Waals surface area contributed by atoms with Gasteiger partial charge in [-0.3, -0.25) is 4.79 Å². The second-order valence-corrected chi connectivity index (χ2v) is 6.87. The van der Waals surface area contributed by atoms with Crippen LogP contribution in [0.3, 0.4) is 0 Å². The van der Waals surface area contributed by atoms with Crippen molar-refractivity contribution in [1.29, 1.82) is 0 Å². The number of aromatic nitrogens is 5. The molecule has 0 N–H and O–H groups in total. The predicted octanol–water partition coefficient (Wildman–Crippen LogP) is 2.55. The minimum atomic E-state index is -0.526. The lowest BCUT2D eigenvalue weighted by Crippen LogP contribution is -2.37. The van der Waals surface area contributed by atoms with Crippen molar-refractivity contribution in [2.75, 3.05) is 13.2 Å². The predicted molar refractivity (Wildman–Crippen MR) is 98.3 cm³/mol. The third-order valence-corrected chi connectivity index (χ3v) is 4.87. The zero-order valence-corrected chi connectivity index (χ0v) is 15.3. The second-order valence-electron chi connectivity index (χ2n) is 6.87. The highest BCUT2D eigenvalue weighted by molar-refractivity contribution is 5.94. The van der Waals surface area contributed by atoms with Crippen molar-refractivity contribution in [2.24, 2.45) is 7.05 Å². The molecule has 27 heavy (non-hydrogen) atoms. The van der Waals surface area contributed by atoms with Crippen LogP contribution in [0.25, 0.3) is 17.1 Å². The van der Waals surface area contributed by atoms with Gasteiger partial charge in [0.25, 0.3) is 5.91 Å². The van der Waals surface area contributed by atoms with Gasteiger partial charge >= 0.3 is 0 Å². The highest BCUT2D eigenvalue weighted by Gasteiger charge is 2.31. The van der Waals surface area contributed by atoms with Gasteiger partial charge in [0.1, 0.15) is 6.67 Å². The van der Waals surface area contributed by atoms with E-state index in [-0.39, 0.29) is 17.6 Å². The number of likely N-dealkylation sites (tertiary alicyclic amines) is 1. The Morgan fingerprint density at radius 3 is 2.81 bits per heavy atom. The number of carbonyl (C=O) groups excluding carboxylic acids is 1. The topological polar surface area (TPSA) is 68.8 Å². The number of halogens is 1. The van der Waals surface area contributed by atoms with Gasteiger partial charge in [-0.1, -0.05) is 0 Å². The number of nitrogens with zero attached hydrogens (tertiary/aromatic N) is 6. The molecule has 0 aliphatic carbocycles. The quantitative estimate of drug-likeness (QED) is 0.710. The molecule has 1 atom stereocenters. The third kappa shape index (κ3) is 3.22. The van der Waals surface area contributed by atoms with Crippen LogP contribution in [0.1, 0.15) is 29.0 Å². The van der Waals surface area contributed by atoms with E-state index in [0.717, 1.165) is 23.4 Å². The van der Waals surface area contributed by atoms with E-state index in [0.29, 0.717) is 18.8 Å². The van der Waals surface area contributed by atoms with Crippen molar-refractivity contribution < 1.29 is 9.18 Å². The van der Waals surface area contributed by atoms with Crippen molar-refractivity contribution in [2.45, 2.75) is 25.8 Å². The molecule has 1 aliphatic rings. The number of amides is 1. The SMILES string of the molecule is Cc1ccc(-n2nc(C(=O)N3CCC[C@H]3CF)cc2-c2ccn(C)c2)nn1. The summed E-state index contributed by atoms with van der Waals surface area (Å²) in [5, 5.41) is 12.8. The number of carbonyl (C=O) groups is 1. The summed E-state index contributed by atoms with van der Waals surface area (Å²) in [6.07, 6.45) is 5.38. The van der Waals surface area contributed by atoms with Crippen LogP contribution in [-0.4, -0.2) is 54.6 Å². The van der Waals surface area contributed by atoms with Crippen molar-refractivity contribution in [3.63, 3.8) is 0 Å². The Kier molecular flexibility index (Phi) is 4.47. The Bertz CT molecular complexity index is 961. The fourth-order valence-corrected chi connectivity index (χ4v) is 3.44. The molecule has 0 unspecified atom stereocenters. The van der Waals surface area contributed by atoms with E-state index in [1.54, 1.807) is 15.6 Å². The number of rotatable bonds is 4. The fraction of sp³-hybridized carbons (Fsp3) is 0.368. The van der Waals surface area contributed by atoms with Crippen molar-refractivity contribution in [1.82, 2.24) is 29.4 Å². The van der Waals surface area contributed by atoms with Crippen molar-refractivity contribution in [3.8, 4) is 17.1 Å². The molecule has 0 radical (unpaired) electrons. The summed E-state index contributed by atoms with van der Waals surface area (Å²) in [6, 6.07) is 6.99. The number of aryl methyl sites for hydroxylation is 2. The van der Waals surface area contributed by atoms with Gasteiger partial charge in [-0.25, -0.2) is 9.07 Å². The molecule has 3 aromatic rings. The summed E-state index contributed by atoms with van der Waals surface area (Å²) in [5.74, 6) is 0.285. The fourth-order valence-electron chi connectivity index (χ4n) is 3.44. The summed E-state index contributed by atoms with van der Waals surface area (Å²) in [4.78, 5) is 14.5. The van der Waals surface area contributed by atoms with Gasteiger partial charge in [-0.15, -0.1) is 5.10 Å². The standard InChI is InChI=1S/C19H21FN6O/c1-13-5-6-18(22-21-13)26-17(14-7-9-24(2)12-14)10-16(23-26)19(27)25-8-3-4-15(25)11-20/h5-7,9-10,12,15H,3-4,8,11H2,1-2H3/t15-/m0/s1. The van der Waals surface area contributed by atoms with E-state index in [1.807, 2.05) is 49.1 Å². The van der Waals surface area contributed by atoms with Gasteiger partial charge in [0.2, 0.25) is 0 Å². The maximum absolute atomic E-state index is 13.2. The Labute approximate surface area is 156 Å². The first-order valence-electron chi connectivity index (χ1n) is 8.97. The molecule has 3 aromatic heterocycles. The second kappa shape index (κ2) is 6.94. The highest BCUT2D eigenvalue weighted by Crippen LogP contribution is 2.26. The first-order chi connectivity index (χ1) is 13.1. The van der Waals surface area contributed by atoms with Gasteiger partial charge in [-0.05, 0) is 44.0 Å². The van der Waals surface area contributed by atoms with Crippen LogP contribution in [0.2, 0.25) is 0 Å². The van der Waals surface area contributed by atoms with Gasteiger partial charge in [-0.2, -0.15) is 10.2 Å². The number of hydrogen-bond donors (Lipinski definition) is 0. The van der Waals surface area contributed by atoms with E-state index in [1.165, 1.54) is 0 Å². The Morgan fingerprint density at radius 1 is 1.30 bits per heavy atom. The zero-order chi connectivity index (χ0) is 19.0. The lowest BCUT2D eigenvalue weighted by Gasteiger charge is -2.21. The van der Waals surface area contributed by atoms with Gasteiger partial charge < -0.3 is 9.47 Å². The molecule has 0 saturated carbocycles. The largest absolute Gasteiger partial charge is 0.357 e. The Hall–Kier alpha value is -3.03. The van der Waals surface area contributed by atoms with E-state index in [9.17, 15) is 9.18 Å². The molecule has 1 fully saturated rings. The van der Waals surface area contributed by atoms with Crippen molar-refractivity contribution in [3.05, 3.63) is 48.0 Å². The van der Waals surface area contributed by atoms with Crippen molar-refractivity contribution >= 4 is 5.91 Å². The van der Waals surface area contributed by atoms with Crippen LogP contribution in [-0.2, 0) is 7.05 Å². The third-order valence-electron chi connectivity index (χ3n) is 4.87. The molecule has 0 bridgehead atoms. The maximum Gasteiger partial charge on any atom is 0.274 e. The zero-order valence-electron chi connectivity index (χ0n) is 15.3. The monoisotopic (exact) mass is 368 g/mol. The van der Waals surface area contributed by atoms with E-state index in [4.69, 9.17) is 0 Å². The number of hydrogen-bond acceptors (Lipinski definition) is 4. The van der Waals surface area contributed by atoms with Crippen LogP contribution in [0.15, 0.2) is 36.7 Å². The summed E-state index contributed by atoms with van der Waals surface area (Å²) >= 11 is 0. The molecular weight excluding hydrogens is 347 g/mol. The molecular formula is C19H21FN6O. The van der Waals surface area contributed by atoms with Crippen LogP contribution < -0.4 is 0 Å². The molecule has 140 valence electrons. The maximum atomic E-state index is 13.2. The lowest BCUT2D eigenvalue weighted by atomic mass is 10.2. The normalized spacial score (nSPS) is 16.9. The van der Waals surface area contributed by atoms with E-state index in [2.05, 4.69) is 15.3 Å². The first kappa shape index (κ1) is 17.4. The molecule has 0 spiro atoms. The van der Waals surface area contributed by atoms with E-state index < -0.39 is 6.67 Å². The average molecular weight is 368 g/mol. The summed E-state index contributed by atoms with van der Waals surface area (Å²) in [7, 11) is 1.93. The molecule has 1 aliphatic heterocycles. The van der Waals surface area contributed by atoms with Crippen LogP contribution in [0.5, 0.6) is 0 Å². The molecule has 8 heteroatoms. The van der Waals surface area contributed by atoms with Crippen LogP contribution in [0, 0.1) is 6.92 Å². The average Bonchev–Trinajstić information content (AvgIpc) is 3.40. The smallest absolute Gasteiger partial charge is 0.274 e. The molecule has 7 nitrogen and oxygen atoms in total. The summed E-state index contributed by atoms with van der Waals surface area (Å²) < 4.78 is 16.8. The minimum absolute atomic E-state index is 0.244. The first-order valence-corrected chi connectivity index (χ1v) is 8.97. The summed E-state index contributed by atoms with van der Waals surface area (Å²) in [5.41, 5.74) is 2.74. The Balaban J connectivity index is 1.78. The lowest BCUT2D eigenvalue weighted by molar-refractivity contribution is 0.0710. The minimum Gasteiger partial charge on any atom is -0.357 e. The summed E-state index contributed by atoms with van der Waals surface area (Å²) in [6.45, 7) is 1.89. The van der Waals surface area contributed by atoms with E-state index >= 15 is 0 Å². The molecule has 1 saturated heterocycles. The van der Waals surface area contributed by atoms with Crippen LogP contribution in [0.4, 0.5) is 4.39 Å². The molecule has 1 amide bonds.